The van der Waals surface area contributed by atoms with Crippen LogP contribution in [0, 0.1) is 0 Å². The SMILES string of the molecule is CC(O)c1ccncc1-c1ccc(Cl)c(Cl)c1. The minimum atomic E-state index is -0.553. The molecule has 0 aliphatic rings. The number of aliphatic hydroxyl groups is 1. The van der Waals surface area contributed by atoms with E-state index in [-0.39, 0.29) is 0 Å². The van der Waals surface area contributed by atoms with Gasteiger partial charge in [0.2, 0.25) is 0 Å². The van der Waals surface area contributed by atoms with Gasteiger partial charge in [-0.25, -0.2) is 0 Å². The summed E-state index contributed by atoms with van der Waals surface area (Å²) in [7, 11) is 0. The standard InChI is InChI=1S/C13H11Cl2NO/c1-8(17)10-4-5-16-7-11(10)9-2-3-12(14)13(15)6-9/h2-8,17H,1H3. The van der Waals surface area contributed by atoms with Crippen molar-refractivity contribution in [1.82, 2.24) is 4.98 Å². The molecule has 1 aromatic carbocycles. The number of benzene rings is 1. The Bertz CT molecular complexity index is 541. The highest BCUT2D eigenvalue weighted by Crippen LogP contribution is 2.31. The molecule has 1 heterocycles. The maximum absolute atomic E-state index is 9.70. The summed E-state index contributed by atoms with van der Waals surface area (Å²) in [4.78, 5) is 4.07. The zero-order valence-corrected chi connectivity index (χ0v) is 10.7. The van der Waals surface area contributed by atoms with Gasteiger partial charge < -0.3 is 5.11 Å². The number of halogens is 2. The van der Waals surface area contributed by atoms with Crippen LogP contribution < -0.4 is 0 Å². The molecule has 0 spiro atoms. The molecule has 0 saturated heterocycles. The molecule has 0 radical (unpaired) electrons. The van der Waals surface area contributed by atoms with E-state index in [0.29, 0.717) is 10.0 Å². The number of pyridine rings is 1. The van der Waals surface area contributed by atoms with Crippen molar-refractivity contribution in [3.63, 3.8) is 0 Å². The Morgan fingerprint density at radius 1 is 1.18 bits per heavy atom. The third kappa shape index (κ3) is 2.60. The van der Waals surface area contributed by atoms with Gasteiger partial charge >= 0.3 is 0 Å². The van der Waals surface area contributed by atoms with Crippen LogP contribution in [0.1, 0.15) is 18.6 Å². The van der Waals surface area contributed by atoms with Gasteiger partial charge in [0.1, 0.15) is 0 Å². The molecule has 2 aromatic rings. The van der Waals surface area contributed by atoms with Crippen molar-refractivity contribution in [2.45, 2.75) is 13.0 Å². The van der Waals surface area contributed by atoms with Crippen LogP contribution in [-0.4, -0.2) is 10.1 Å². The van der Waals surface area contributed by atoms with Crippen LogP contribution in [0.4, 0.5) is 0 Å². The molecular weight excluding hydrogens is 257 g/mol. The Balaban J connectivity index is 2.56. The summed E-state index contributed by atoms with van der Waals surface area (Å²) in [6.07, 6.45) is 2.81. The molecule has 2 nitrogen and oxygen atoms in total. The van der Waals surface area contributed by atoms with E-state index < -0.39 is 6.10 Å². The average Bonchev–Trinajstić information content (AvgIpc) is 2.32. The van der Waals surface area contributed by atoms with Crippen LogP contribution in [0.5, 0.6) is 0 Å². The van der Waals surface area contributed by atoms with Gasteiger partial charge in [-0.3, -0.25) is 4.98 Å². The van der Waals surface area contributed by atoms with Gasteiger partial charge in [0.15, 0.2) is 0 Å². The summed E-state index contributed by atoms with van der Waals surface area (Å²) < 4.78 is 0. The van der Waals surface area contributed by atoms with Gasteiger partial charge in [0.05, 0.1) is 16.1 Å². The van der Waals surface area contributed by atoms with E-state index in [1.165, 1.54) is 0 Å². The molecule has 88 valence electrons. The lowest BCUT2D eigenvalue weighted by atomic mass is 9.99. The van der Waals surface area contributed by atoms with Crippen LogP contribution in [0.2, 0.25) is 10.0 Å². The molecule has 1 unspecified atom stereocenters. The molecule has 2 rings (SSSR count). The van der Waals surface area contributed by atoms with Crippen molar-refractivity contribution >= 4 is 23.2 Å². The molecule has 0 aliphatic heterocycles. The first kappa shape index (κ1) is 12.4. The highest BCUT2D eigenvalue weighted by Gasteiger charge is 2.10. The van der Waals surface area contributed by atoms with Crippen molar-refractivity contribution in [1.29, 1.82) is 0 Å². The molecule has 0 bridgehead atoms. The lowest BCUT2D eigenvalue weighted by Gasteiger charge is -2.11. The maximum atomic E-state index is 9.70. The van der Waals surface area contributed by atoms with Crippen molar-refractivity contribution in [2.75, 3.05) is 0 Å². The summed E-state index contributed by atoms with van der Waals surface area (Å²) in [5.41, 5.74) is 2.57. The molecule has 4 heteroatoms. The third-order valence-electron chi connectivity index (χ3n) is 2.54. The second-order valence-corrected chi connectivity index (χ2v) is 4.58. The molecule has 17 heavy (non-hydrogen) atoms. The molecule has 1 atom stereocenters. The lowest BCUT2D eigenvalue weighted by molar-refractivity contribution is 0.200. The maximum Gasteiger partial charge on any atom is 0.0769 e. The van der Waals surface area contributed by atoms with Crippen molar-refractivity contribution in [3.05, 3.63) is 52.3 Å². The molecule has 0 aliphatic carbocycles. The quantitative estimate of drug-likeness (QED) is 0.889. The second-order valence-electron chi connectivity index (χ2n) is 3.77. The smallest absolute Gasteiger partial charge is 0.0769 e. The fourth-order valence-electron chi connectivity index (χ4n) is 1.67. The Morgan fingerprint density at radius 3 is 2.59 bits per heavy atom. The van der Waals surface area contributed by atoms with Gasteiger partial charge in [-0.2, -0.15) is 0 Å². The van der Waals surface area contributed by atoms with Gasteiger partial charge in [-0.1, -0.05) is 29.3 Å². The van der Waals surface area contributed by atoms with Gasteiger partial charge in [-0.05, 0) is 36.2 Å². The minimum Gasteiger partial charge on any atom is -0.389 e. The van der Waals surface area contributed by atoms with Crippen LogP contribution in [0.25, 0.3) is 11.1 Å². The predicted octanol–water partition coefficient (Wildman–Crippen LogP) is 4.11. The van der Waals surface area contributed by atoms with Crippen molar-refractivity contribution in [2.24, 2.45) is 0 Å². The predicted molar refractivity (Wildman–Crippen MR) is 70.3 cm³/mol. The van der Waals surface area contributed by atoms with Crippen LogP contribution in [0.15, 0.2) is 36.7 Å². The number of hydrogen-bond acceptors (Lipinski definition) is 2. The largest absolute Gasteiger partial charge is 0.389 e. The molecule has 0 fully saturated rings. The van der Waals surface area contributed by atoms with Crippen LogP contribution in [0.3, 0.4) is 0 Å². The number of nitrogens with zero attached hydrogens (tertiary/aromatic N) is 1. The average molecular weight is 268 g/mol. The molecule has 1 aromatic heterocycles. The Kier molecular flexibility index (Phi) is 3.67. The van der Waals surface area contributed by atoms with E-state index in [0.717, 1.165) is 16.7 Å². The normalized spacial score (nSPS) is 12.5. The summed E-state index contributed by atoms with van der Waals surface area (Å²) >= 11 is 11.9. The summed E-state index contributed by atoms with van der Waals surface area (Å²) in [5, 5.41) is 10.7. The fraction of sp³-hybridized carbons (Fsp3) is 0.154. The first-order valence-corrected chi connectivity index (χ1v) is 5.92. The topological polar surface area (TPSA) is 33.1 Å². The monoisotopic (exact) mass is 267 g/mol. The molecule has 0 amide bonds. The zero-order chi connectivity index (χ0) is 12.4. The van der Waals surface area contributed by atoms with Crippen LogP contribution in [-0.2, 0) is 0 Å². The first-order valence-electron chi connectivity index (χ1n) is 5.17. The van der Waals surface area contributed by atoms with E-state index in [1.54, 1.807) is 37.5 Å². The number of rotatable bonds is 2. The Hall–Kier alpha value is -1.09. The van der Waals surface area contributed by atoms with Gasteiger partial charge in [0, 0.05) is 18.0 Å². The number of aliphatic hydroxyl groups excluding tert-OH is 1. The number of aromatic nitrogens is 1. The van der Waals surface area contributed by atoms with Crippen molar-refractivity contribution < 1.29 is 5.11 Å². The van der Waals surface area contributed by atoms with E-state index in [2.05, 4.69) is 4.98 Å². The minimum absolute atomic E-state index is 0.490. The van der Waals surface area contributed by atoms with Crippen LogP contribution >= 0.6 is 23.2 Å². The third-order valence-corrected chi connectivity index (χ3v) is 3.27. The second kappa shape index (κ2) is 5.05. The van der Waals surface area contributed by atoms with Gasteiger partial charge in [-0.15, -0.1) is 0 Å². The molecular formula is C13H11Cl2NO. The van der Waals surface area contributed by atoms with E-state index in [1.807, 2.05) is 6.07 Å². The number of hydrogen-bond donors (Lipinski definition) is 1. The summed E-state index contributed by atoms with van der Waals surface area (Å²) in [5.74, 6) is 0. The highest BCUT2D eigenvalue weighted by molar-refractivity contribution is 6.42. The first-order chi connectivity index (χ1) is 8.09. The van der Waals surface area contributed by atoms with E-state index >= 15 is 0 Å². The lowest BCUT2D eigenvalue weighted by Crippen LogP contribution is -1.95. The fourth-order valence-corrected chi connectivity index (χ4v) is 1.97. The summed E-state index contributed by atoms with van der Waals surface area (Å²) in [6.45, 7) is 1.72. The zero-order valence-electron chi connectivity index (χ0n) is 9.19. The molecule has 1 N–H and O–H groups in total. The summed E-state index contributed by atoms with van der Waals surface area (Å²) in [6, 6.07) is 7.16. The Labute approximate surface area is 110 Å². The Morgan fingerprint density at radius 2 is 1.94 bits per heavy atom. The van der Waals surface area contributed by atoms with E-state index in [9.17, 15) is 5.11 Å². The van der Waals surface area contributed by atoms with Crippen molar-refractivity contribution in [3.8, 4) is 11.1 Å². The highest BCUT2D eigenvalue weighted by atomic mass is 35.5. The van der Waals surface area contributed by atoms with E-state index in [4.69, 9.17) is 23.2 Å². The molecule has 0 saturated carbocycles. The van der Waals surface area contributed by atoms with Gasteiger partial charge in [0.25, 0.3) is 0 Å².